The van der Waals surface area contributed by atoms with Gasteiger partial charge in [0, 0.05) is 25.2 Å². The lowest BCUT2D eigenvalue weighted by atomic mass is 9.96. The molecule has 3 unspecified atom stereocenters. The van der Waals surface area contributed by atoms with Crippen molar-refractivity contribution >= 4 is 24.2 Å². The molecule has 0 radical (unpaired) electrons. The highest BCUT2D eigenvalue weighted by Crippen LogP contribution is 2.15. The van der Waals surface area contributed by atoms with Gasteiger partial charge < -0.3 is 15.5 Å². The van der Waals surface area contributed by atoms with Crippen LogP contribution in [-0.4, -0.2) is 48.9 Å². The van der Waals surface area contributed by atoms with Gasteiger partial charge in [0.1, 0.15) is 6.04 Å². The summed E-state index contributed by atoms with van der Waals surface area (Å²) in [5.74, 6) is -0.105. The third-order valence-corrected chi connectivity index (χ3v) is 4.73. The minimum Gasteiger partial charge on any atom is -0.340 e. The van der Waals surface area contributed by atoms with Gasteiger partial charge in [-0.25, -0.2) is 0 Å². The Bertz CT molecular complexity index is 532. The van der Waals surface area contributed by atoms with Crippen LogP contribution in [0.15, 0.2) is 30.3 Å². The second kappa shape index (κ2) is 9.64. The van der Waals surface area contributed by atoms with Crippen molar-refractivity contribution in [3.05, 3.63) is 35.9 Å². The van der Waals surface area contributed by atoms with Gasteiger partial charge in [0.15, 0.2) is 0 Å². The maximum atomic E-state index is 12.9. The number of likely N-dealkylation sites (N-methyl/N-ethyl adjacent to an activating group) is 1. The van der Waals surface area contributed by atoms with E-state index in [9.17, 15) is 9.59 Å². The summed E-state index contributed by atoms with van der Waals surface area (Å²) in [6.45, 7) is 5.81. The van der Waals surface area contributed by atoms with Gasteiger partial charge in [0.2, 0.25) is 5.91 Å². The number of carbonyl (C=O) groups is 2. The zero-order valence-electron chi connectivity index (χ0n) is 14.6. The number of carbonyl (C=O) groups excluding carboxylic acids is 2. The number of benzene rings is 1. The number of nitrogens with one attached hydrogen (secondary N) is 2. The smallest absolute Gasteiger partial charge is 0.251 e. The molecule has 0 aromatic heterocycles. The minimum absolute atomic E-state index is 0. The Balaban J connectivity index is 0.00000288. The van der Waals surface area contributed by atoms with E-state index in [1.54, 1.807) is 17.0 Å². The molecular weight excluding hydrogens is 326 g/mol. The highest BCUT2D eigenvalue weighted by atomic mass is 35.5. The number of halogens is 1. The Morgan fingerprint density at radius 1 is 1.33 bits per heavy atom. The fraction of sp³-hybridized carbons (Fsp3) is 0.556. The highest BCUT2D eigenvalue weighted by Gasteiger charge is 2.32. The molecule has 0 saturated carbocycles. The van der Waals surface area contributed by atoms with Crippen molar-refractivity contribution in [3.8, 4) is 0 Å². The van der Waals surface area contributed by atoms with Crippen LogP contribution in [0.5, 0.6) is 0 Å². The molecule has 1 heterocycles. The number of rotatable bonds is 6. The molecule has 2 amide bonds. The molecular formula is C18H28ClN3O2. The average molecular weight is 354 g/mol. The van der Waals surface area contributed by atoms with E-state index in [2.05, 4.69) is 10.6 Å². The van der Waals surface area contributed by atoms with Crippen molar-refractivity contribution in [3.63, 3.8) is 0 Å². The van der Waals surface area contributed by atoms with Gasteiger partial charge in [-0.05, 0) is 31.0 Å². The molecule has 1 aliphatic rings. The first-order valence-corrected chi connectivity index (χ1v) is 8.37. The Hall–Kier alpha value is -1.59. The average Bonchev–Trinajstić information content (AvgIpc) is 3.12. The molecule has 1 saturated heterocycles. The maximum Gasteiger partial charge on any atom is 0.251 e. The van der Waals surface area contributed by atoms with Crippen molar-refractivity contribution in [2.24, 2.45) is 5.92 Å². The summed E-state index contributed by atoms with van der Waals surface area (Å²) < 4.78 is 0. The number of hydrogen-bond donors (Lipinski definition) is 2. The summed E-state index contributed by atoms with van der Waals surface area (Å²) >= 11 is 0. The van der Waals surface area contributed by atoms with Gasteiger partial charge in [-0.2, -0.15) is 0 Å². The molecule has 1 aromatic rings. The molecule has 1 aromatic carbocycles. The first-order valence-electron chi connectivity index (χ1n) is 8.37. The second-order valence-corrected chi connectivity index (χ2v) is 6.30. The molecule has 1 aliphatic heterocycles. The van der Waals surface area contributed by atoms with Crippen LogP contribution in [0.1, 0.15) is 37.0 Å². The van der Waals surface area contributed by atoms with Crippen molar-refractivity contribution < 1.29 is 9.59 Å². The van der Waals surface area contributed by atoms with E-state index in [4.69, 9.17) is 0 Å². The lowest BCUT2D eigenvalue weighted by Crippen LogP contribution is -2.53. The van der Waals surface area contributed by atoms with E-state index < -0.39 is 6.04 Å². The molecule has 0 bridgehead atoms. The maximum absolute atomic E-state index is 12.9. The first-order chi connectivity index (χ1) is 11.0. The van der Waals surface area contributed by atoms with E-state index in [0.717, 1.165) is 25.9 Å². The highest BCUT2D eigenvalue weighted by molar-refractivity contribution is 5.97. The summed E-state index contributed by atoms with van der Waals surface area (Å²) in [5, 5.41) is 6.21. The Labute approximate surface area is 150 Å². The first kappa shape index (κ1) is 20.5. The van der Waals surface area contributed by atoms with E-state index in [0.29, 0.717) is 5.56 Å². The van der Waals surface area contributed by atoms with Gasteiger partial charge >= 0.3 is 0 Å². The van der Waals surface area contributed by atoms with Crippen molar-refractivity contribution in [1.29, 1.82) is 0 Å². The fourth-order valence-corrected chi connectivity index (χ4v) is 2.87. The van der Waals surface area contributed by atoms with Crippen LogP contribution in [0.4, 0.5) is 0 Å². The topological polar surface area (TPSA) is 61.4 Å². The molecule has 3 atom stereocenters. The van der Waals surface area contributed by atoms with Crippen LogP contribution in [-0.2, 0) is 4.79 Å². The van der Waals surface area contributed by atoms with E-state index >= 15 is 0 Å². The van der Waals surface area contributed by atoms with Crippen LogP contribution < -0.4 is 10.6 Å². The van der Waals surface area contributed by atoms with E-state index in [1.165, 1.54) is 0 Å². The number of amides is 2. The summed E-state index contributed by atoms with van der Waals surface area (Å²) in [6, 6.07) is 8.77. The van der Waals surface area contributed by atoms with Crippen LogP contribution >= 0.6 is 12.4 Å². The second-order valence-electron chi connectivity index (χ2n) is 6.30. The van der Waals surface area contributed by atoms with Gasteiger partial charge in [-0.3, -0.25) is 9.59 Å². The summed E-state index contributed by atoms with van der Waals surface area (Å²) in [7, 11) is 1.84. The summed E-state index contributed by atoms with van der Waals surface area (Å²) in [6.07, 6.45) is 1.80. The van der Waals surface area contributed by atoms with Crippen molar-refractivity contribution in [2.75, 3.05) is 20.1 Å². The van der Waals surface area contributed by atoms with E-state index in [1.807, 2.05) is 39.1 Å². The zero-order chi connectivity index (χ0) is 16.8. The molecule has 5 nitrogen and oxygen atoms in total. The SMILES string of the molecule is CCC(C)C(NC(=O)c1ccccc1)C(=O)N(C)C1CCNC1.Cl. The van der Waals surface area contributed by atoms with Crippen molar-refractivity contribution in [2.45, 2.75) is 38.8 Å². The van der Waals surface area contributed by atoms with Gasteiger partial charge in [0.05, 0.1) is 0 Å². The third kappa shape index (κ3) is 4.95. The van der Waals surface area contributed by atoms with Crippen LogP contribution in [0, 0.1) is 5.92 Å². The zero-order valence-corrected chi connectivity index (χ0v) is 15.4. The Kier molecular flexibility index (Phi) is 8.22. The largest absolute Gasteiger partial charge is 0.340 e. The normalized spacial score (nSPS) is 19.0. The summed E-state index contributed by atoms with van der Waals surface area (Å²) in [5.41, 5.74) is 0.582. The van der Waals surface area contributed by atoms with Crippen LogP contribution in [0.25, 0.3) is 0 Å². The summed E-state index contributed by atoms with van der Waals surface area (Å²) in [4.78, 5) is 27.1. The molecule has 134 valence electrons. The lowest BCUT2D eigenvalue weighted by Gasteiger charge is -2.31. The lowest BCUT2D eigenvalue weighted by molar-refractivity contribution is -0.135. The standard InChI is InChI=1S/C18H27N3O2.ClH/c1-4-13(2)16(18(23)21(3)15-10-11-19-12-15)20-17(22)14-8-6-5-7-9-14;/h5-9,13,15-16,19H,4,10-12H2,1-3H3,(H,20,22);1H. The molecule has 24 heavy (non-hydrogen) atoms. The van der Waals surface area contributed by atoms with Gasteiger partial charge in [0.25, 0.3) is 5.91 Å². The molecule has 1 fully saturated rings. The van der Waals surface area contributed by atoms with Crippen LogP contribution in [0.3, 0.4) is 0 Å². The molecule has 2 N–H and O–H groups in total. The monoisotopic (exact) mass is 353 g/mol. The molecule has 0 aliphatic carbocycles. The predicted molar refractivity (Wildman–Crippen MR) is 98.4 cm³/mol. The molecule has 6 heteroatoms. The number of hydrogen-bond acceptors (Lipinski definition) is 3. The third-order valence-electron chi connectivity index (χ3n) is 4.73. The van der Waals surface area contributed by atoms with Crippen molar-refractivity contribution in [1.82, 2.24) is 15.5 Å². The fourth-order valence-electron chi connectivity index (χ4n) is 2.87. The Morgan fingerprint density at radius 3 is 2.54 bits per heavy atom. The van der Waals surface area contributed by atoms with Gasteiger partial charge in [-0.1, -0.05) is 38.5 Å². The van der Waals surface area contributed by atoms with Crippen LogP contribution in [0.2, 0.25) is 0 Å². The van der Waals surface area contributed by atoms with Gasteiger partial charge in [-0.15, -0.1) is 12.4 Å². The minimum atomic E-state index is -0.488. The quantitative estimate of drug-likeness (QED) is 0.823. The number of nitrogens with zero attached hydrogens (tertiary/aromatic N) is 1. The Morgan fingerprint density at radius 2 is 2.00 bits per heavy atom. The predicted octanol–water partition coefficient (Wildman–Crippen LogP) is 2.07. The molecule has 2 rings (SSSR count). The van der Waals surface area contributed by atoms with E-state index in [-0.39, 0.29) is 36.2 Å². The molecule has 0 spiro atoms.